The largest absolute Gasteiger partial charge is 0.294 e. The molecule has 4 rings (SSSR count). The van der Waals surface area contributed by atoms with Crippen LogP contribution in [0.15, 0.2) is 41.7 Å². The average molecular weight is 381 g/mol. The molecule has 9 nitrogen and oxygen atoms in total. The molecule has 1 aliphatic carbocycles. The van der Waals surface area contributed by atoms with Crippen LogP contribution in [0.1, 0.15) is 28.9 Å². The van der Waals surface area contributed by atoms with Crippen molar-refractivity contribution in [3.63, 3.8) is 0 Å². The van der Waals surface area contributed by atoms with Crippen molar-refractivity contribution in [2.45, 2.75) is 24.4 Å². The van der Waals surface area contributed by atoms with Gasteiger partial charge in [-0.25, -0.2) is 9.97 Å². The molecule has 2 heterocycles. The summed E-state index contributed by atoms with van der Waals surface area (Å²) in [7, 11) is 0. The highest BCUT2D eigenvalue weighted by Crippen LogP contribution is 2.20. The fraction of sp³-hybridized carbons (Fsp3) is 0.235. The van der Waals surface area contributed by atoms with Crippen LogP contribution in [-0.4, -0.2) is 47.6 Å². The fourth-order valence-electron chi connectivity index (χ4n) is 2.74. The van der Waals surface area contributed by atoms with E-state index < -0.39 is 0 Å². The highest BCUT2D eigenvalue weighted by atomic mass is 32.2. The Morgan fingerprint density at radius 2 is 2.07 bits per heavy atom. The van der Waals surface area contributed by atoms with Crippen molar-refractivity contribution < 1.29 is 9.59 Å². The van der Waals surface area contributed by atoms with Crippen LogP contribution in [0.3, 0.4) is 0 Å². The van der Waals surface area contributed by atoms with Crippen LogP contribution in [0.5, 0.6) is 0 Å². The highest BCUT2D eigenvalue weighted by molar-refractivity contribution is 7.99. The standard InChI is InChI=1S/C17H15N7O2S/c25-14-8-4-7-13-12(14)9-18-16(19-13)20-15(26)10-27-17-21-22-23-24(17)11-5-2-1-3-6-11/h1-3,5-6,9H,4,7-8,10H2,(H,18,19,20,26). The number of aromatic nitrogens is 6. The third-order valence-electron chi connectivity index (χ3n) is 4.01. The van der Waals surface area contributed by atoms with Crippen molar-refractivity contribution >= 4 is 29.4 Å². The van der Waals surface area contributed by atoms with Crippen LogP contribution in [-0.2, 0) is 11.2 Å². The number of carbonyl (C=O) groups is 2. The monoisotopic (exact) mass is 381 g/mol. The van der Waals surface area contributed by atoms with E-state index in [9.17, 15) is 9.59 Å². The number of nitrogens with one attached hydrogen (secondary N) is 1. The lowest BCUT2D eigenvalue weighted by Crippen LogP contribution is -2.19. The minimum Gasteiger partial charge on any atom is -0.294 e. The smallest absolute Gasteiger partial charge is 0.237 e. The summed E-state index contributed by atoms with van der Waals surface area (Å²) in [5, 5.41) is 14.7. The maximum Gasteiger partial charge on any atom is 0.237 e. The number of anilines is 1. The van der Waals surface area contributed by atoms with Gasteiger partial charge in [-0.1, -0.05) is 30.0 Å². The van der Waals surface area contributed by atoms with Gasteiger partial charge in [-0.3, -0.25) is 14.9 Å². The van der Waals surface area contributed by atoms with Gasteiger partial charge in [-0.15, -0.1) is 5.10 Å². The van der Waals surface area contributed by atoms with Gasteiger partial charge in [0, 0.05) is 12.6 Å². The van der Waals surface area contributed by atoms with Crippen molar-refractivity contribution in [3.05, 3.63) is 47.8 Å². The molecule has 1 N–H and O–H groups in total. The van der Waals surface area contributed by atoms with Gasteiger partial charge in [0.2, 0.25) is 17.0 Å². The van der Waals surface area contributed by atoms with E-state index in [1.54, 1.807) is 4.68 Å². The predicted octanol–water partition coefficient (Wildman–Crippen LogP) is 1.70. The number of benzene rings is 1. The zero-order chi connectivity index (χ0) is 18.6. The molecule has 136 valence electrons. The summed E-state index contributed by atoms with van der Waals surface area (Å²) < 4.78 is 1.57. The SMILES string of the molecule is O=C(CSc1nnnn1-c1ccccc1)Nc1ncc2c(n1)CCCC2=O. The molecule has 0 fully saturated rings. The fourth-order valence-corrected chi connectivity index (χ4v) is 3.43. The normalized spacial score (nSPS) is 13.3. The minimum atomic E-state index is -0.273. The third kappa shape index (κ3) is 3.85. The van der Waals surface area contributed by atoms with Crippen LogP contribution in [0.4, 0.5) is 5.95 Å². The van der Waals surface area contributed by atoms with Crippen molar-refractivity contribution in [3.8, 4) is 5.69 Å². The van der Waals surface area contributed by atoms with Crippen molar-refractivity contribution in [2.24, 2.45) is 0 Å². The predicted molar refractivity (Wildman–Crippen MR) is 97.8 cm³/mol. The number of aryl methyl sites for hydroxylation is 1. The molecule has 2 aromatic heterocycles. The molecular weight excluding hydrogens is 366 g/mol. The van der Waals surface area contributed by atoms with E-state index in [4.69, 9.17) is 0 Å². The lowest BCUT2D eigenvalue weighted by Gasteiger charge is -2.13. The first-order valence-corrected chi connectivity index (χ1v) is 9.35. The Hall–Kier alpha value is -3.14. The quantitative estimate of drug-likeness (QED) is 0.664. The van der Waals surface area contributed by atoms with Crippen LogP contribution in [0, 0.1) is 0 Å². The zero-order valence-corrected chi connectivity index (χ0v) is 15.0. The topological polar surface area (TPSA) is 116 Å². The van der Waals surface area contributed by atoms with E-state index >= 15 is 0 Å². The summed E-state index contributed by atoms with van der Waals surface area (Å²) in [5.41, 5.74) is 2.06. The Morgan fingerprint density at radius 1 is 1.22 bits per heavy atom. The van der Waals surface area contributed by atoms with Crippen molar-refractivity contribution in [2.75, 3.05) is 11.1 Å². The van der Waals surface area contributed by atoms with Gasteiger partial charge < -0.3 is 0 Å². The van der Waals surface area contributed by atoms with E-state index in [0.29, 0.717) is 29.3 Å². The number of hydrogen-bond donors (Lipinski definition) is 1. The molecule has 0 saturated carbocycles. The van der Waals surface area contributed by atoms with Crippen LogP contribution in [0.25, 0.3) is 5.69 Å². The van der Waals surface area contributed by atoms with Crippen LogP contribution in [0.2, 0.25) is 0 Å². The second-order valence-electron chi connectivity index (χ2n) is 5.88. The number of para-hydroxylation sites is 1. The van der Waals surface area contributed by atoms with Gasteiger partial charge in [0.05, 0.1) is 22.7 Å². The van der Waals surface area contributed by atoms with Crippen molar-refractivity contribution in [1.29, 1.82) is 0 Å². The van der Waals surface area contributed by atoms with E-state index in [2.05, 4.69) is 30.8 Å². The summed E-state index contributed by atoms with van der Waals surface area (Å²) in [4.78, 5) is 32.4. The molecule has 0 atom stereocenters. The second kappa shape index (κ2) is 7.62. The van der Waals surface area contributed by atoms with E-state index in [1.165, 1.54) is 18.0 Å². The summed E-state index contributed by atoms with van der Waals surface area (Å²) >= 11 is 1.21. The first-order chi connectivity index (χ1) is 13.2. The summed E-state index contributed by atoms with van der Waals surface area (Å²) in [6.45, 7) is 0. The lowest BCUT2D eigenvalue weighted by molar-refractivity contribution is -0.113. The summed E-state index contributed by atoms with van der Waals surface area (Å²) in [6.07, 6.45) is 3.50. The number of carbonyl (C=O) groups excluding carboxylic acids is 2. The molecule has 0 radical (unpaired) electrons. The van der Waals surface area contributed by atoms with Gasteiger partial charge in [-0.2, -0.15) is 4.68 Å². The Morgan fingerprint density at radius 3 is 2.93 bits per heavy atom. The van der Waals surface area contributed by atoms with Gasteiger partial charge in [-0.05, 0) is 35.4 Å². The number of amides is 1. The molecule has 27 heavy (non-hydrogen) atoms. The highest BCUT2D eigenvalue weighted by Gasteiger charge is 2.20. The summed E-state index contributed by atoms with van der Waals surface area (Å²) in [5.74, 6) is 0.0888. The Labute approximate surface area is 158 Å². The zero-order valence-electron chi connectivity index (χ0n) is 14.2. The lowest BCUT2D eigenvalue weighted by atomic mass is 9.96. The number of thioether (sulfide) groups is 1. The summed E-state index contributed by atoms with van der Waals surface area (Å²) in [6, 6.07) is 9.43. The number of fused-ring (bicyclic) bond motifs is 1. The van der Waals surface area contributed by atoms with Crippen LogP contribution < -0.4 is 5.32 Å². The Bertz CT molecular complexity index is 990. The maximum atomic E-state index is 12.2. The average Bonchev–Trinajstić information content (AvgIpc) is 3.16. The first-order valence-electron chi connectivity index (χ1n) is 8.36. The number of ketones is 1. The molecule has 0 saturated heterocycles. The van der Waals surface area contributed by atoms with Gasteiger partial charge in [0.15, 0.2) is 5.78 Å². The molecule has 1 aromatic carbocycles. The number of rotatable bonds is 5. The molecule has 10 heteroatoms. The molecule has 0 spiro atoms. The molecule has 1 aliphatic rings. The Kier molecular flexibility index (Phi) is 4.88. The molecular formula is C17H15N7O2S. The molecule has 0 aliphatic heterocycles. The minimum absolute atomic E-state index is 0.0532. The van der Waals surface area contributed by atoms with E-state index in [-0.39, 0.29) is 23.4 Å². The van der Waals surface area contributed by atoms with Crippen molar-refractivity contribution in [1.82, 2.24) is 30.2 Å². The van der Waals surface area contributed by atoms with Crippen LogP contribution >= 0.6 is 11.8 Å². The number of hydrogen-bond acceptors (Lipinski definition) is 8. The molecule has 0 bridgehead atoms. The third-order valence-corrected chi connectivity index (χ3v) is 4.93. The number of tetrazole rings is 1. The molecule has 1 amide bonds. The van der Waals surface area contributed by atoms with E-state index in [0.717, 1.165) is 12.1 Å². The van der Waals surface area contributed by atoms with Gasteiger partial charge in [0.1, 0.15) is 0 Å². The maximum absolute atomic E-state index is 12.2. The Balaban J connectivity index is 1.40. The first kappa shape index (κ1) is 17.3. The number of nitrogens with zero attached hydrogens (tertiary/aromatic N) is 6. The number of Topliss-reactive ketones (excluding diaryl/α,β-unsaturated/α-hetero) is 1. The van der Waals surface area contributed by atoms with E-state index in [1.807, 2.05) is 30.3 Å². The molecule has 0 unspecified atom stereocenters. The second-order valence-corrected chi connectivity index (χ2v) is 6.82. The molecule has 3 aromatic rings. The van der Waals surface area contributed by atoms with Gasteiger partial charge in [0.25, 0.3) is 0 Å². The van der Waals surface area contributed by atoms with Gasteiger partial charge >= 0.3 is 0 Å².